The Morgan fingerprint density at radius 1 is 0.897 bits per heavy atom. The zero-order valence-corrected chi connectivity index (χ0v) is 14.3. The summed E-state index contributed by atoms with van der Waals surface area (Å²) in [5.41, 5.74) is 0. The third-order valence-corrected chi connectivity index (χ3v) is 3.54. The van der Waals surface area contributed by atoms with Gasteiger partial charge in [-0.3, -0.25) is 0 Å². The zero-order valence-electron chi connectivity index (χ0n) is 14.3. The molecule has 0 spiro atoms. The number of halogens is 12. The Balaban J connectivity index is 6.14. The van der Waals surface area contributed by atoms with Crippen molar-refractivity contribution >= 4 is 5.97 Å². The molecule has 172 valence electrons. The minimum atomic E-state index is -7.20. The first-order chi connectivity index (χ1) is 12.8. The van der Waals surface area contributed by atoms with E-state index in [1.54, 1.807) is 0 Å². The van der Waals surface area contributed by atoms with Crippen molar-refractivity contribution in [3.8, 4) is 0 Å². The van der Waals surface area contributed by atoms with Crippen molar-refractivity contribution in [3.05, 3.63) is 12.7 Å². The number of hydrogen-bond acceptors (Lipinski definition) is 3. The fourth-order valence-corrected chi connectivity index (χ4v) is 1.94. The quantitative estimate of drug-likeness (QED) is 0.265. The van der Waals surface area contributed by atoms with E-state index in [-0.39, 0.29) is 6.42 Å². The average molecular weight is 458 g/mol. The molecule has 0 amide bonds. The number of esters is 1. The van der Waals surface area contributed by atoms with Crippen LogP contribution in [0.2, 0.25) is 0 Å². The third-order valence-electron chi connectivity index (χ3n) is 3.54. The van der Waals surface area contributed by atoms with Crippen molar-refractivity contribution in [2.45, 2.75) is 43.7 Å². The fourth-order valence-electron chi connectivity index (χ4n) is 1.94. The monoisotopic (exact) mass is 458 g/mol. The van der Waals surface area contributed by atoms with Gasteiger partial charge in [0.25, 0.3) is 0 Å². The molecule has 0 aromatic heterocycles. The van der Waals surface area contributed by atoms with E-state index in [1.807, 2.05) is 0 Å². The molecule has 15 heteroatoms. The fraction of sp³-hybridized carbons (Fsp3) is 0.786. The normalized spacial score (nSPS) is 17.0. The molecule has 0 aliphatic carbocycles. The number of carbonyl (C=O) groups excluding carboxylic acids is 1. The van der Waals surface area contributed by atoms with Crippen molar-refractivity contribution in [2.24, 2.45) is 11.8 Å². The van der Waals surface area contributed by atoms with E-state index < -0.39 is 61.3 Å². The lowest BCUT2D eigenvalue weighted by Crippen LogP contribution is -2.66. The highest BCUT2D eigenvalue weighted by atomic mass is 19.4. The molecule has 0 saturated heterocycles. The molecule has 0 bridgehead atoms. The van der Waals surface area contributed by atoms with Crippen molar-refractivity contribution in [1.29, 1.82) is 0 Å². The van der Waals surface area contributed by atoms with Crippen LogP contribution in [0.5, 0.6) is 0 Å². The maximum absolute atomic E-state index is 14.4. The molecule has 2 atom stereocenters. The lowest BCUT2D eigenvalue weighted by Gasteiger charge is -2.41. The van der Waals surface area contributed by atoms with Gasteiger partial charge in [-0.25, -0.2) is 9.18 Å². The van der Waals surface area contributed by atoms with Crippen LogP contribution in [0, 0.1) is 11.8 Å². The second kappa shape index (κ2) is 9.00. The van der Waals surface area contributed by atoms with Gasteiger partial charge in [0.05, 0.1) is 13.2 Å². The second-order valence-electron chi connectivity index (χ2n) is 5.65. The van der Waals surface area contributed by atoms with Crippen LogP contribution in [-0.2, 0) is 14.3 Å². The maximum Gasteiger partial charge on any atom is 0.459 e. The van der Waals surface area contributed by atoms with Crippen LogP contribution in [0.15, 0.2) is 12.7 Å². The topological polar surface area (TPSA) is 35.5 Å². The summed E-state index contributed by atoms with van der Waals surface area (Å²) < 4.78 is 163. The molecule has 0 rings (SSSR count). The molecular weight excluding hydrogens is 444 g/mol. The van der Waals surface area contributed by atoms with Gasteiger partial charge >= 0.3 is 36.3 Å². The first-order valence-electron chi connectivity index (χ1n) is 7.45. The van der Waals surface area contributed by atoms with E-state index >= 15 is 0 Å². The summed E-state index contributed by atoms with van der Waals surface area (Å²) in [5, 5.41) is 0. The smallest absolute Gasteiger partial charge is 0.459 e. The summed E-state index contributed by atoms with van der Waals surface area (Å²) in [6.07, 6.45) is -20.8. The summed E-state index contributed by atoms with van der Waals surface area (Å²) in [5.74, 6) is -22.3. The number of alkyl halides is 12. The predicted molar refractivity (Wildman–Crippen MR) is 71.3 cm³/mol. The number of hydrogen-bond donors (Lipinski definition) is 0. The van der Waals surface area contributed by atoms with Gasteiger partial charge < -0.3 is 9.47 Å². The summed E-state index contributed by atoms with van der Waals surface area (Å²) in [7, 11) is 0. The molecule has 0 N–H and O–H groups in total. The Bertz CT molecular complexity index is 552. The number of carbonyl (C=O) groups is 1. The van der Waals surface area contributed by atoms with Gasteiger partial charge in [-0.15, -0.1) is 0 Å². The van der Waals surface area contributed by atoms with Crippen LogP contribution in [0.1, 0.15) is 13.3 Å². The first kappa shape index (κ1) is 27.3. The molecule has 3 nitrogen and oxygen atoms in total. The molecule has 0 fully saturated rings. The van der Waals surface area contributed by atoms with Crippen molar-refractivity contribution in [2.75, 3.05) is 13.2 Å². The van der Waals surface area contributed by atoms with Gasteiger partial charge in [0.15, 0.2) is 0 Å². The van der Waals surface area contributed by atoms with Gasteiger partial charge in [0.1, 0.15) is 0 Å². The zero-order chi connectivity index (χ0) is 23.5. The van der Waals surface area contributed by atoms with Crippen LogP contribution >= 0.6 is 0 Å². The Hall–Kier alpha value is -1.67. The highest BCUT2D eigenvalue weighted by Gasteiger charge is 2.83. The molecule has 2 unspecified atom stereocenters. The Morgan fingerprint density at radius 3 is 1.66 bits per heavy atom. The largest absolute Gasteiger partial charge is 0.462 e. The van der Waals surface area contributed by atoms with Crippen LogP contribution in [0.4, 0.5) is 52.7 Å². The van der Waals surface area contributed by atoms with E-state index in [0.29, 0.717) is 6.08 Å². The van der Waals surface area contributed by atoms with E-state index in [2.05, 4.69) is 16.1 Å². The highest BCUT2D eigenvalue weighted by molar-refractivity contribution is 5.81. The third kappa shape index (κ3) is 6.40. The van der Waals surface area contributed by atoms with Crippen LogP contribution < -0.4 is 0 Å². The van der Waals surface area contributed by atoms with Crippen LogP contribution in [0.25, 0.3) is 0 Å². The SMILES string of the molecule is C=CC(=O)OCC(CC)COC(F)(C(C(F)(F)F)C(F)(F)F)C(F)(F)C(F)(F)F. The minimum absolute atomic E-state index is 0.360. The summed E-state index contributed by atoms with van der Waals surface area (Å²) in [4.78, 5) is 10.9. The van der Waals surface area contributed by atoms with Gasteiger partial charge in [-0.1, -0.05) is 13.5 Å². The Kier molecular flexibility index (Phi) is 8.48. The highest BCUT2D eigenvalue weighted by Crippen LogP contribution is 2.57. The van der Waals surface area contributed by atoms with Crippen LogP contribution in [0.3, 0.4) is 0 Å². The summed E-state index contributed by atoms with van der Waals surface area (Å²) in [6.45, 7) is 1.41. The van der Waals surface area contributed by atoms with Crippen LogP contribution in [-0.4, -0.2) is 49.5 Å². The molecule has 0 aromatic rings. The second-order valence-corrected chi connectivity index (χ2v) is 5.65. The van der Waals surface area contributed by atoms with Gasteiger partial charge in [0.2, 0.25) is 5.92 Å². The molecule has 0 aliphatic heterocycles. The Morgan fingerprint density at radius 2 is 1.34 bits per heavy atom. The average Bonchev–Trinajstić information content (AvgIpc) is 2.50. The molecule has 0 saturated carbocycles. The molecule has 0 aliphatic rings. The van der Waals surface area contributed by atoms with E-state index in [1.165, 1.54) is 0 Å². The predicted octanol–water partition coefficient (Wildman–Crippen LogP) is 5.36. The molecule has 29 heavy (non-hydrogen) atoms. The van der Waals surface area contributed by atoms with Crippen molar-refractivity contribution in [3.63, 3.8) is 0 Å². The first-order valence-corrected chi connectivity index (χ1v) is 7.45. The Labute approximate surface area is 155 Å². The lowest BCUT2D eigenvalue weighted by atomic mass is 9.91. The van der Waals surface area contributed by atoms with E-state index in [0.717, 1.165) is 6.92 Å². The lowest BCUT2D eigenvalue weighted by molar-refractivity contribution is -0.448. The van der Waals surface area contributed by atoms with Crippen molar-refractivity contribution in [1.82, 2.24) is 0 Å². The van der Waals surface area contributed by atoms with Gasteiger partial charge in [-0.05, 0) is 6.42 Å². The molecule has 0 heterocycles. The number of rotatable bonds is 9. The summed E-state index contributed by atoms with van der Waals surface area (Å²) >= 11 is 0. The minimum Gasteiger partial charge on any atom is -0.462 e. The molecule has 0 aromatic carbocycles. The standard InChI is InChI=1S/C14H14F12O3/c1-3-7(5-28-8(27)4-2)6-29-10(15,13(22,23)14(24,25)26)9(11(16,17)18)12(19,20)21/h4,7,9H,2-3,5-6H2,1H3. The van der Waals surface area contributed by atoms with Gasteiger partial charge in [-0.2, -0.15) is 48.3 Å². The molecule has 0 radical (unpaired) electrons. The maximum atomic E-state index is 14.4. The number of ether oxygens (including phenoxy) is 2. The van der Waals surface area contributed by atoms with E-state index in [4.69, 9.17) is 0 Å². The summed E-state index contributed by atoms with van der Waals surface area (Å²) in [6, 6.07) is 0. The van der Waals surface area contributed by atoms with E-state index in [9.17, 15) is 57.5 Å². The van der Waals surface area contributed by atoms with Gasteiger partial charge in [0, 0.05) is 12.0 Å². The molecular formula is C14H14F12O3. The van der Waals surface area contributed by atoms with Crippen molar-refractivity contribution < 1.29 is 67.0 Å².